The Bertz CT molecular complexity index is 1130. The molecule has 5 rings (SSSR count). The number of sulfonamides is 1. The van der Waals surface area contributed by atoms with E-state index >= 15 is 0 Å². The summed E-state index contributed by atoms with van der Waals surface area (Å²) in [6, 6.07) is 20.4. The van der Waals surface area contributed by atoms with Crippen molar-refractivity contribution in [3.63, 3.8) is 0 Å². The Balaban J connectivity index is 1.44. The highest BCUT2D eigenvalue weighted by Crippen LogP contribution is 2.44. The molecule has 1 unspecified atom stereocenters. The van der Waals surface area contributed by atoms with E-state index in [0.717, 1.165) is 5.69 Å². The maximum Gasteiger partial charge on any atom is 0.235 e. The monoisotopic (exact) mass is 454 g/mol. The summed E-state index contributed by atoms with van der Waals surface area (Å²) in [5.74, 6) is 0.595. The minimum absolute atomic E-state index is 0.0503. The molecule has 1 aromatic heterocycles. The average Bonchev–Trinajstić information content (AvgIpc) is 3.29. The number of ether oxygens (including phenoxy) is 1. The van der Waals surface area contributed by atoms with Crippen LogP contribution in [0.2, 0.25) is 0 Å². The number of piperidine rings is 1. The molecule has 0 aliphatic carbocycles. The van der Waals surface area contributed by atoms with Gasteiger partial charge in [-0.05, 0) is 35.7 Å². The first-order chi connectivity index (χ1) is 15.0. The molecular formula is C23H22N2O4S2. The number of thiophene rings is 1. The van der Waals surface area contributed by atoms with E-state index in [1.54, 1.807) is 22.4 Å². The lowest BCUT2D eigenvalue weighted by Crippen LogP contribution is -2.52. The van der Waals surface area contributed by atoms with Crippen molar-refractivity contribution in [2.45, 2.75) is 29.1 Å². The summed E-state index contributed by atoms with van der Waals surface area (Å²) >= 11 is 1.22. The minimum Gasteiger partial charge on any atom is -0.592 e. The van der Waals surface area contributed by atoms with Crippen LogP contribution in [0.1, 0.15) is 19.3 Å². The van der Waals surface area contributed by atoms with E-state index < -0.39 is 16.0 Å². The zero-order valence-electron chi connectivity index (χ0n) is 16.8. The maximum atomic E-state index is 13.4. The van der Waals surface area contributed by atoms with E-state index in [4.69, 9.17) is 4.74 Å². The Morgan fingerprint density at radius 1 is 0.968 bits per heavy atom. The Morgan fingerprint density at radius 3 is 2.39 bits per heavy atom. The Kier molecular flexibility index (Phi) is 5.18. The molecule has 2 aromatic carbocycles. The fourth-order valence-electron chi connectivity index (χ4n) is 4.30. The molecule has 2 aliphatic heterocycles. The second-order valence-corrected chi connectivity index (χ2v) is 10.9. The second kappa shape index (κ2) is 7.87. The summed E-state index contributed by atoms with van der Waals surface area (Å²) in [6.07, 6.45) is 1.12. The molecule has 0 bridgehead atoms. The molecule has 0 N–H and O–H groups in total. The van der Waals surface area contributed by atoms with E-state index in [-0.39, 0.29) is 12.3 Å². The molecule has 1 amide bonds. The summed E-state index contributed by atoms with van der Waals surface area (Å²) in [7, 11) is -3.51. The highest BCUT2D eigenvalue weighted by Gasteiger charge is 2.47. The van der Waals surface area contributed by atoms with Gasteiger partial charge in [-0.2, -0.15) is 0 Å². The number of rotatable bonds is 3. The van der Waals surface area contributed by atoms with Crippen LogP contribution in [0.3, 0.4) is 0 Å². The van der Waals surface area contributed by atoms with Gasteiger partial charge in [-0.3, -0.25) is 9.69 Å². The van der Waals surface area contributed by atoms with Crippen molar-refractivity contribution >= 4 is 39.0 Å². The predicted octanol–water partition coefficient (Wildman–Crippen LogP) is 4.63. The van der Waals surface area contributed by atoms with Gasteiger partial charge in [0.2, 0.25) is 10.1 Å². The molecule has 3 aromatic rings. The standard InChI is InChI=1S/C23H22N2O4S2/c26-21-17-23(12-14-24(15-13-23)31(27,28)22-11-6-16-30-22)29-20-10-5-4-9-19(20)25(21)18-7-2-1-3-8-18/h1-11,16H,12-15,17H2. The van der Waals surface area contributed by atoms with Gasteiger partial charge in [0, 0.05) is 37.7 Å². The van der Waals surface area contributed by atoms with Crippen LogP contribution in [-0.4, -0.2) is 33.5 Å². The molecule has 1 saturated heterocycles. The van der Waals surface area contributed by atoms with Crippen LogP contribution in [0.5, 0.6) is 5.75 Å². The Hall–Kier alpha value is -2.52. The smallest absolute Gasteiger partial charge is 0.235 e. The van der Waals surface area contributed by atoms with Gasteiger partial charge in [-0.15, -0.1) is 4.31 Å². The quantitative estimate of drug-likeness (QED) is 0.541. The van der Waals surface area contributed by atoms with Crippen molar-refractivity contribution in [1.82, 2.24) is 4.31 Å². The van der Waals surface area contributed by atoms with Gasteiger partial charge < -0.3 is 9.29 Å². The van der Waals surface area contributed by atoms with Gasteiger partial charge in [-0.25, -0.2) is 0 Å². The number of benzene rings is 2. The third kappa shape index (κ3) is 3.70. The number of carbonyl (C=O) groups is 1. The van der Waals surface area contributed by atoms with Crippen molar-refractivity contribution in [2.75, 3.05) is 18.0 Å². The molecule has 1 atom stereocenters. The lowest BCUT2D eigenvalue weighted by Gasteiger charge is -2.40. The zero-order chi connectivity index (χ0) is 21.5. The fourth-order valence-corrected chi connectivity index (χ4v) is 6.88. The molecule has 6 nitrogen and oxygen atoms in total. The molecule has 2 aliphatic rings. The van der Waals surface area contributed by atoms with Crippen molar-refractivity contribution in [3.05, 3.63) is 72.1 Å². The van der Waals surface area contributed by atoms with E-state index in [1.807, 2.05) is 54.6 Å². The number of carbonyl (C=O) groups excluding carboxylic acids is 1. The fraction of sp³-hybridized carbons (Fsp3) is 0.261. The molecule has 0 saturated carbocycles. The average molecular weight is 455 g/mol. The molecular weight excluding hydrogens is 432 g/mol. The van der Waals surface area contributed by atoms with Crippen molar-refractivity contribution in [1.29, 1.82) is 0 Å². The SMILES string of the molecule is O=C1CC2(CCN([S+](=O)([O-])c3cccs3)CC2)Oc2ccccc2N1c1ccccc1. The van der Waals surface area contributed by atoms with Gasteiger partial charge in [0.1, 0.15) is 11.4 Å². The first kappa shape index (κ1) is 20.4. The van der Waals surface area contributed by atoms with E-state index in [0.29, 0.717) is 41.6 Å². The summed E-state index contributed by atoms with van der Waals surface area (Å²) in [6.45, 7) is 0.641. The summed E-state index contributed by atoms with van der Waals surface area (Å²) in [4.78, 5) is 15.1. The molecule has 8 heteroatoms. The second-order valence-electron chi connectivity index (χ2n) is 7.83. The Morgan fingerprint density at radius 2 is 1.68 bits per heavy atom. The number of para-hydroxylation sites is 3. The maximum absolute atomic E-state index is 13.4. The lowest BCUT2D eigenvalue weighted by molar-refractivity contribution is -0.122. The lowest BCUT2D eigenvalue weighted by atomic mass is 9.88. The number of amides is 1. The largest absolute Gasteiger partial charge is 0.592 e. The molecule has 1 spiro atoms. The summed E-state index contributed by atoms with van der Waals surface area (Å²) < 4.78 is 34.1. The number of hydrogen-bond donors (Lipinski definition) is 0. The van der Waals surface area contributed by atoms with Crippen molar-refractivity contribution in [3.8, 4) is 5.75 Å². The number of nitrogens with zero attached hydrogens (tertiary/aromatic N) is 2. The predicted molar refractivity (Wildman–Crippen MR) is 120 cm³/mol. The van der Waals surface area contributed by atoms with Crippen LogP contribution < -0.4 is 9.64 Å². The molecule has 3 heterocycles. The first-order valence-corrected chi connectivity index (χ1v) is 12.5. The third-order valence-electron chi connectivity index (χ3n) is 5.89. The van der Waals surface area contributed by atoms with Crippen molar-refractivity contribution < 1.29 is 18.3 Å². The highest BCUT2D eigenvalue weighted by atomic mass is 32.3. The first-order valence-electron chi connectivity index (χ1n) is 10.2. The highest BCUT2D eigenvalue weighted by molar-refractivity contribution is 7.97. The van der Waals surface area contributed by atoms with Crippen LogP contribution >= 0.6 is 11.3 Å². The molecule has 160 valence electrons. The summed E-state index contributed by atoms with van der Waals surface area (Å²) in [5, 5.41) is 1.76. The van der Waals surface area contributed by atoms with Crippen molar-refractivity contribution in [2.24, 2.45) is 0 Å². The van der Waals surface area contributed by atoms with E-state index in [2.05, 4.69) is 0 Å². The van der Waals surface area contributed by atoms with Crippen LogP contribution in [-0.2, 0) is 19.4 Å². The molecule has 0 radical (unpaired) electrons. The topological polar surface area (TPSA) is 72.9 Å². The normalized spacial score (nSPS) is 20.5. The minimum atomic E-state index is -3.51. The van der Waals surface area contributed by atoms with Crippen LogP contribution in [0, 0.1) is 0 Å². The third-order valence-corrected chi connectivity index (χ3v) is 9.16. The van der Waals surface area contributed by atoms with Gasteiger partial charge >= 0.3 is 0 Å². The zero-order valence-corrected chi connectivity index (χ0v) is 18.4. The number of anilines is 2. The van der Waals surface area contributed by atoms with E-state index in [1.165, 1.54) is 15.6 Å². The van der Waals surface area contributed by atoms with Crippen LogP contribution in [0.25, 0.3) is 0 Å². The number of hydrogen-bond acceptors (Lipinski definition) is 5. The van der Waals surface area contributed by atoms with Gasteiger partial charge in [-0.1, -0.05) is 45.9 Å². The van der Waals surface area contributed by atoms with Crippen LogP contribution in [0.15, 0.2) is 76.3 Å². The summed E-state index contributed by atoms with van der Waals surface area (Å²) in [5.41, 5.74) is 0.778. The van der Waals surface area contributed by atoms with Gasteiger partial charge in [0.05, 0.1) is 12.1 Å². The van der Waals surface area contributed by atoms with Gasteiger partial charge in [0.15, 0.2) is 10.4 Å². The Labute approximate surface area is 186 Å². The number of fused-ring (bicyclic) bond motifs is 1. The van der Waals surface area contributed by atoms with Gasteiger partial charge in [0.25, 0.3) is 0 Å². The molecule has 1 fully saturated rings. The van der Waals surface area contributed by atoms with E-state index in [9.17, 15) is 13.6 Å². The molecule has 31 heavy (non-hydrogen) atoms. The van der Waals surface area contributed by atoms with Crippen LogP contribution in [0.4, 0.5) is 11.4 Å².